The number of fused-ring (bicyclic) bond motifs is 1. The van der Waals surface area contributed by atoms with Crippen molar-refractivity contribution < 1.29 is 33.3 Å². The van der Waals surface area contributed by atoms with Crippen LogP contribution in [-0.2, 0) is 13.0 Å². The average molecular weight is 582 g/mol. The predicted molar refractivity (Wildman–Crippen MR) is 154 cm³/mol. The van der Waals surface area contributed by atoms with E-state index in [-0.39, 0.29) is 17.7 Å². The summed E-state index contributed by atoms with van der Waals surface area (Å²) < 4.78 is 27.2. The highest BCUT2D eigenvalue weighted by Crippen LogP contribution is 2.41. The number of likely N-dealkylation sites (tertiary alicyclic amines) is 1. The molecule has 2 aliphatic rings. The number of carbonyl (C=O) groups is 2. The van der Waals surface area contributed by atoms with Gasteiger partial charge in [-0.3, -0.25) is 9.59 Å². The topological polar surface area (TPSA) is 99.7 Å². The third kappa shape index (κ3) is 5.50. The van der Waals surface area contributed by atoms with E-state index >= 15 is 0 Å². The fourth-order valence-electron chi connectivity index (χ4n) is 5.56. The molecule has 1 aromatic heterocycles. The summed E-state index contributed by atoms with van der Waals surface area (Å²) in [6.45, 7) is 2.28. The monoisotopic (exact) mass is 581 g/mol. The molecule has 0 radical (unpaired) electrons. The Labute approximate surface area is 243 Å². The summed E-state index contributed by atoms with van der Waals surface area (Å²) in [6.07, 6.45) is 2.28. The van der Waals surface area contributed by atoms with Gasteiger partial charge in [-0.05, 0) is 54.7 Å². The lowest BCUT2D eigenvalue weighted by atomic mass is 9.96. The lowest BCUT2D eigenvalue weighted by Gasteiger charge is -2.31. The fraction of sp³-hybridized carbons (Fsp3) is 0.433. The number of hydrogen-bond acceptors (Lipinski definition) is 9. The van der Waals surface area contributed by atoms with E-state index in [1.165, 1.54) is 25.6 Å². The van der Waals surface area contributed by atoms with Crippen LogP contribution in [0, 0.1) is 0 Å². The van der Waals surface area contributed by atoms with Crippen molar-refractivity contribution in [2.24, 2.45) is 0 Å². The molecule has 5 rings (SSSR count). The number of aromatic nitrogens is 1. The van der Waals surface area contributed by atoms with E-state index in [1.54, 1.807) is 33.5 Å². The summed E-state index contributed by atoms with van der Waals surface area (Å²) in [4.78, 5) is 35.2. The van der Waals surface area contributed by atoms with Gasteiger partial charge in [0.2, 0.25) is 5.75 Å². The van der Waals surface area contributed by atoms with Crippen LogP contribution in [0.4, 0.5) is 0 Å². The minimum atomic E-state index is -0.115. The molecule has 0 saturated carbocycles. The standard InChI is InChI=1S/C30H35N3O7S/c1-36-23-7-6-21(26(39-4)27(23)40-5)29(34)32-11-8-18(9-12-32)28-31-22(17-41-28)30(35)33-13-10-19-14-24(37-2)25(38-3)15-20(19)16-33/h6-7,14-15,17-18H,8-13,16H2,1-5H3. The minimum absolute atomic E-state index is 0.0684. The Morgan fingerprint density at radius 2 is 1.44 bits per heavy atom. The van der Waals surface area contributed by atoms with Crippen LogP contribution in [0.25, 0.3) is 0 Å². The summed E-state index contributed by atoms with van der Waals surface area (Å²) in [5, 5.41) is 2.79. The number of ether oxygens (including phenoxy) is 5. The molecule has 218 valence electrons. The molecule has 0 atom stereocenters. The van der Waals surface area contributed by atoms with Crippen LogP contribution in [0.3, 0.4) is 0 Å². The molecule has 2 amide bonds. The van der Waals surface area contributed by atoms with Gasteiger partial charge < -0.3 is 33.5 Å². The van der Waals surface area contributed by atoms with Crippen LogP contribution < -0.4 is 23.7 Å². The van der Waals surface area contributed by atoms with E-state index in [1.807, 2.05) is 27.3 Å². The maximum Gasteiger partial charge on any atom is 0.273 e. The zero-order valence-electron chi connectivity index (χ0n) is 24.0. The van der Waals surface area contributed by atoms with Crippen molar-refractivity contribution in [1.82, 2.24) is 14.8 Å². The first-order valence-corrected chi connectivity index (χ1v) is 14.4. The summed E-state index contributed by atoms with van der Waals surface area (Å²) in [5.41, 5.74) is 3.13. The van der Waals surface area contributed by atoms with Gasteiger partial charge in [-0.2, -0.15) is 0 Å². The highest BCUT2D eigenvalue weighted by Gasteiger charge is 2.31. The summed E-state index contributed by atoms with van der Waals surface area (Å²) in [5.74, 6) is 2.62. The summed E-state index contributed by atoms with van der Waals surface area (Å²) >= 11 is 1.52. The van der Waals surface area contributed by atoms with Gasteiger partial charge in [-0.1, -0.05) is 0 Å². The Morgan fingerprint density at radius 3 is 2.07 bits per heavy atom. The number of hydrogen-bond donors (Lipinski definition) is 0. The number of piperidine rings is 1. The third-order valence-corrected chi connectivity index (χ3v) is 8.82. The van der Waals surface area contributed by atoms with Crippen LogP contribution in [0.1, 0.15) is 55.7 Å². The maximum absolute atomic E-state index is 13.4. The van der Waals surface area contributed by atoms with E-state index < -0.39 is 0 Å². The Balaban J connectivity index is 1.23. The SMILES string of the molecule is COc1cc2c(cc1OC)CN(C(=O)c1csc(C3CCN(C(=O)c4ccc(OC)c(OC)c4OC)CC3)n1)CC2. The van der Waals surface area contributed by atoms with Crippen molar-refractivity contribution in [1.29, 1.82) is 0 Å². The Kier molecular flexibility index (Phi) is 8.53. The highest BCUT2D eigenvalue weighted by molar-refractivity contribution is 7.09. The first-order valence-electron chi connectivity index (χ1n) is 13.5. The number of carbonyl (C=O) groups excluding carboxylic acids is 2. The second-order valence-corrected chi connectivity index (χ2v) is 10.9. The molecule has 41 heavy (non-hydrogen) atoms. The van der Waals surface area contributed by atoms with E-state index in [9.17, 15) is 9.59 Å². The number of amides is 2. The van der Waals surface area contributed by atoms with Crippen molar-refractivity contribution in [2.45, 2.75) is 31.7 Å². The third-order valence-electron chi connectivity index (χ3n) is 7.81. The van der Waals surface area contributed by atoms with Crippen LogP contribution in [0.15, 0.2) is 29.6 Å². The van der Waals surface area contributed by atoms with E-state index in [0.717, 1.165) is 35.4 Å². The van der Waals surface area contributed by atoms with E-state index in [4.69, 9.17) is 28.7 Å². The van der Waals surface area contributed by atoms with Gasteiger partial charge in [0.1, 0.15) is 5.69 Å². The molecule has 0 N–H and O–H groups in total. The fourth-order valence-corrected chi connectivity index (χ4v) is 6.53. The number of thiazole rings is 1. The van der Waals surface area contributed by atoms with Crippen LogP contribution in [0.5, 0.6) is 28.7 Å². The molecule has 0 spiro atoms. The zero-order valence-corrected chi connectivity index (χ0v) is 24.8. The van der Waals surface area contributed by atoms with Crippen molar-refractivity contribution in [3.63, 3.8) is 0 Å². The largest absolute Gasteiger partial charge is 0.493 e. The van der Waals surface area contributed by atoms with Crippen molar-refractivity contribution >= 4 is 23.2 Å². The van der Waals surface area contributed by atoms with Gasteiger partial charge in [0.05, 0.1) is 46.1 Å². The van der Waals surface area contributed by atoms with Crippen LogP contribution in [0.2, 0.25) is 0 Å². The van der Waals surface area contributed by atoms with E-state index in [0.29, 0.717) is 66.2 Å². The minimum Gasteiger partial charge on any atom is -0.493 e. The zero-order chi connectivity index (χ0) is 29.1. The Bertz CT molecular complexity index is 1430. The summed E-state index contributed by atoms with van der Waals surface area (Å²) in [6, 6.07) is 7.37. The second kappa shape index (κ2) is 12.3. The van der Waals surface area contributed by atoms with Crippen molar-refractivity contribution in [3.8, 4) is 28.7 Å². The molecular formula is C30H35N3O7S. The van der Waals surface area contributed by atoms with Gasteiger partial charge in [0, 0.05) is 37.5 Å². The predicted octanol–water partition coefficient (Wildman–Crippen LogP) is 4.40. The Morgan fingerprint density at radius 1 is 0.780 bits per heavy atom. The lowest BCUT2D eigenvalue weighted by Crippen LogP contribution is -2.38. The molecule has 0 unspecified atom stereocenters. The first-order chi connectivity index (χ1) is 19.9. The van der Waals surface area contributed by atoms with Crippen LogP contribution >= 0.6 is 11.3 Å². The highest BCUT2D eigenvalue weighted by atomic mass is 32.1. The Hall–Kier alpha value is -3.99. The number of rotatable bonds is 8. The van der Waals surface area contributed by atoms with Gasteiger partial charge >= 0.3 is 0 Å². The van der Waals surface area contributed by atoms with Gasteiger partial charge in [0.25, 0.3) is 11.8 Å². The number of benzene rings is 2. The normalized spacial score (nSPS) is 15.2. The van der Waals surface area contributed by atoms with Gasteiger partial charge in [-0.15, -0.1) is 11.3 Å². The molecule has 2 aromatic carbocycles. The molecule has 1 fully saturated rings. The van der Waals surface area contributed by atoms with E-state index in [2.05, 4.69) is 0 Å². The summed E-state index contributed by atoms with van der Waals surface area (Å²) in [7, 11) is 7.81. The molecule has 3 aromatic rings. The van der Waals surface area contributed by atoms with Gasteiger partial charge in [-0.25, -0.2) is 4.98 Å². The maximum atomic E-state index is 13.4. The quantitative estimate of drug-likeness (QED) is 0.386. The lowest BCUT2D eigenvalue weighted by molar-refractivity contribution is 0.0708. The molecule has 0 bridgehead atoms. The second-order valence-electron chi connectivity index (χ2n) is 9.97. The number of nitrogens with zero attached hydrogens (tertiary/aromatic N) is 3. The molecule has 11 heteroatoms. The van der Waals surface area contributed by atoms with Gasteiger partial charge in [0.15, 0.2) is 23.0 Å². The molecule has 1 saturated heterocycles. The molecule has 10 nitrogen and oxygen atoms in total. The van der Waals surface area contributed by atoms with Crippen LogP contribution in [-0.4, -0.2) is 81.8 Å². The average Bonchev–Trinajstić information content (AvgIpc) is 3.52. The molecular weight excluding hydrogens is 546 g/mol. The molecule has 3 heterocycles. The smallest absolute Gasteiger partial charge is 0.273 e. The van der Waals surface area contributed by atoms with Crippen molar-refractivity contribution in [3.05, 3.63) is 57.0 Å². The molecule has 2 aliphatic heterocycles. The molecule has 0 aliphatic carbocycles. The first kappa shape index (κ1) is 28.5. The number of methoxy groups -OCH3 is 5. The van der Waals surface area contributed by atoms with Crippen molar-refractivity contribution in [2.75, 3.05) is 55.2 Å².